The van der Waals surface area contributed by atoms with Gasteiger partial charge in [0.25, 0.3) is 0 Å². The van der Waals surface area contributed by atoms with Gasteiger partial charge in [-0.25, -0.2) is 13.6 Å². The van der Waals surface area contributed by atoms with Gasteiger partial charge in [0, 0.05) is 36.3 Å². The van der Waals surface area contributed by atoms with Crippen molar-refractivity contribution in [3.8, 4) is 0 Å². The van der Waals surface area contributed by atoms with E-state index in [9.17, 15) is 31.5 Å². The summed E-state index contributed by atoms with van der Waals surface area (Å²) in [5.41, 5.74) is 6.53. The van der Waals surface area contributed by atoms with Gasteiger partial charge in [-0.2, -0.15) is 13.2 Å². The summed E-state index contributed by atoms with van der Waals surface area (Å²) in [7, 11) is 0. The Bertz CT molecular complexity index is 1300. The van der Waals surface area contributed by atoms with E-state index in [-0.39, 0.29) is 24.6 Å². The molecular formula is C31H38F5N3O5. The molecule has 0 spiro atoms. The van der Waals surface area contributed by atoms with Crippen molar-refractivity contribution in [3.05, 3.63) is 70.8 Å². The van der Waals surface area contributed by atoms with Crippen molar-refractivity contribution in [2.45, 2.75) is 82.8 Å². The molecule has 2 saturated heterocycles. The molecule has 2 fully saturated rings. The zero-order valence-electron chi connectivity index (χ0n) is 24.9. The van der Waals surface area contributed by atoms with Crippen LogP contribution in [0.15, 0.2) is 42.5 Å². The summed E-state index contributed by atoms with van der Waals surface area (Å²) in [4.78, 5) is 37.6. The first-order valence-corrected chi connectivity index (χ1v) is 14.3. The molecule has 2 heterocycles. The number of benzene rings is 2. The maximum atomic E-state index is 14.4. The average molecular weight is 628 g/mol. The molecule has 2 amide bonds. The van der Waals surface area contributed by atoms with Gasteiger partial charge in [-0.15, -0.1) is 0 Å². The second-order valence-corrected chi connectivity index (χ2v) is 12.0. The van der Waals surface area contributed by atoms with Gasteiger partial charge < -0.3 is 20.5 Å². The summed E-state index contributed by atoms with van der Waals surface area (Å²) in [5.74, 6) is -4.44. The second-order valence-electron chi connectivity index (χ2n) is 12.0. The minimum atomic E-state index is -5.08. The predicted molar refractivity (Wildman–Crippen MR) is 152 cm³/mol. The lowest BCUT2D eigenvalue weighted by Crippen LogP contribution is -2.47. The quantitative estimate of drug-likeness (QED) is 0.368. The second kappa shape index (κ2) is 14.5. The molecule has 2 aromatic carbocycles. The summed E-state index contributed by atoms with van der Waals surface area (Å²) >= 11 is 0. The Morgan fingerprint density at radius 2 is 1.55 bits per heavy atom. The third-order valence-electron chi connectivity index (χ3n) is 7.79. The summed E-state index contributed by atoms with van der Waals surface area (Å²) in [6.45, 7) is 6.28. The molecule has 0 aliphatic carbocycles. The van der Waals surface area contributed by atoms with Crippen molar-refractivity contribution in [2.75, 3.05) is 19.7 Å². The lowest BCUT2D eigenvalue weighted by Gasteiger charge is -2.40. The van der Waals surface area contributed by atoms with E-state index in [2.05, 4.69) is 11.0 Å². The number of hydrogen-bond donors (Lipinski definition) is 2. The van der Waals surface area contributed by atoms with Crippen LogP contribution in [0.2, 0.25) is 0 Å². The van der Waals surface area contributed by atoms with Gasteiger partial charge in [0.15, 0.2) is 0 Å². The van der Waals surface area contributed by atoms with E-state index in [1.165, 1.54) is 23.1 Å². The van der Waals surface area contributed by atoms with Crippen LogP contribution in [-0.2, 0) is 20.9 Å². The van der Waals surface area contributed by atoms with Crippen molar-refractivity contribution in [2.24, 2.45) is 5.73 Å². The van der Waals surface area contributed by atoms with Crippen LogP contribution in [0.1, 0.15) is 73.9 Å². The number of fused-ring (bicyclic) bond motifs is 2. The van der Waals surface area contributed by atoms with E-state index in [1.54, 1.807) is 6.07 Å². The SMILES string of the molecule is CC(C)(C)OCC(=O)N(CCN1C2CCC1CC(c1cccc(C(N)=O)c1)C2)Cc1c(F)cccc1F.O=C(O)C(F)(F)F. The van der Waals surface area contributed by atoms with Crippen molar-refractivity contribution in [1.82, 2.24) is 9.80 Å². The van der Waals surface area contributed by atoms with E-state index in [0.717, 1.165) is 31.2 Å². The number of aliphatic carboxylic acids is 1. The Balaban J connectivity index is 0.000000676. The molecule has 2 unspecified atom stereocenters. The number of amides is 2. The topological polar surface area (TPSA) is 113 Å². The molecule has 2 aromatic rings. The molecule has 2 aliphatic heterocycles. The van der Waals surface area contributed by atoms with Crippen molar-refractivity contribution in [3.63, 3.8) is 0 Å². The monoisotopic (exact) mass is 627 g/mol. The Morgan fingerprint density at radius 1 is 1.00 bits per heavy atom. The first-order valence-electron chi connectivity index (χ1n) is 14.3. The highest BCUT2D eigenvalue weighted by atomic mass is 19.4. The number of halogens is 5. The van der Waals surface area contributed by atoms with Crippen LogP contribution in [0, 0.1) is 11.6 Å². The van der Waals surface area contributed by atoms with Gasteiger partial charge in [0.2, 0.25) is 11.8 Å². The lowest BCUT2D eigenvalue weighted by molar-refractivity contribution is -0.192. The van der Waals surface area contributed by atoms with Crippen LogP contribution in [0.5, 0.6) is 0 Å². The first-order chi connectivity index (χ1) is 20.5. The van der Waals surface area contributed by atoms with Gasteiger partial charge in [-0.1, -0.05) is 18.2 Å². The molecule has 4 rings (SSSR count). The van der Waals surface area contributed by atoms with E-state index in [4.69, 9.17) is 20.4 Å². The Labute approximate surface area is 252 Å². The highest BCUT2D eigenvalue weighted by Gasteiger charge is 2.41. The van der Waals surface area contributed by atoms with Crippen LogP contribution in [0.3, 0.4) is 0 Å². The number of nitrogens with two attached hydrogens (primary N) is 1. The third-order valence-corrected chi connectivity index (χ3v) is 7.79. The number of primary amides is 1. The fraction of sp³-hybridized carbons (Fsp3) is 0.516. The molecule has 0 aromatic heterocycles. The molecule has 44 heavy (non-hydrogen) atoms. The Morgan fingerprint density at radius 3 is 2.05 bits per heavy atom. The van der Waals surface area contributed by atoms with Crippen molar-refractivity contribution < 1.29 is 46.2 Å². The van der Waals surface area contributed by atoms with Crippen molar-refractivity contribution in [1.29, 1.82) is 0 Å². The number of ether oxygens (including phenoxy) is 1. The summed E-state index contributed by atoms with van der Waals surface area (Å²) in [5, 5.41) is 7.12. The maximum Gasteiger partial charge on any atom is 0.490 e. The average Bonchev–Trinajstić information content (AvgIpc) is 3.16. The van der Waals surface area contributed by atoms with Crippen LogP contribution < -0.4 is 5.73 Å². The van der Waals surface area contributed by atoms with E-state index >= 15 is 0 Å². The predicted octanol–water partition coefficient (Wildman–Crippen LogP) is 5.25. The highest BCUT2D eigenvalue weighted by molar-refractivity contribution is 5.92. The minimum Gasteiger partial charge on any atom is -0.475 e. The summed E-state index contributed by atoms with van der Waals surface area (Å²) in [6, 6.07) is 12.0. The van der Waals surface area contributed by atoms with Crippen LogP contribution >= 0.6 is 0 Å². The molecule has 0 radical (unpaired) electrons. The fourth-order valence-corrected chi connectivity index (χ4v) is 5.63. The normalized spacial score (nSPS) is 20.0. The number of carbonyl (C=O) groups excluding carboxylic acids is 2. The molecule has 2 bridgehead atoms. The Hall–Kier alpha value is -3.58. The number of carboxylic acids is 1. The smallest absolute Gasteiger partial charge is 0.475 e. The Kier molecular flexibility index (Phi) is 11.5. The van der Waals surface area contributed by atoms with E-state index in [1.807, 2.05) is 32.9 Å². The number of alkyl halides is 3. The van der Waals surface area contributed by atoms with Gasteiger partial charge in [0.1, 0.15) is 18.2 Å². The van der Waals surface area contributed by atoms with Crippen LogP contribution in [0.4, 0.5) is 22.0 Å². The first kappa shape index (κ1) is 34.9. The number of nitrogens with zero attached hydrogens (tertiary/aromatic N) is 2. The number of rotatable bonds is 9. The number of hydrogen-bond acceptors (Lipinski definition) is 5. The minimum absolute atomic E-state index is 0.109. The summed E-state index contributed by atoms with van der Waals surface area (Å²) < 4.78 is 66.2. The van der Waals surface area contributed by atoms with Gasteiger partial charge in [-0.3, -0.25) is 14.5 Å². The number of carboxylic acid groups (broad SMARTS) is 1. The zero-order valence-corrected chi connectivity index (χ0v) is 24.9. The molecule has 13 heteroatoms. The van der Waals surface area contributed by atoms with Gasteiger partial charge in [-0.05, 0) is 82.2 Å². The zero-order chi connectivity index (χ0) is 32.8. The van der Waals surface area contributed by atoms with Gasteiger partial charge in [0.05, 0.1) is 12.1 Å². The molecule has 2 aliphatic rings. The van der Waals surface area contributed by atoms with Crippen LogP contribution in [0.25, 0.3) is 0 Å². The van der Waals surface area contributed by atoms with E-state index in [0.29, 0.717) is 36.7 Å². The molecule has 2 atom stereocenters. The molecule has 0 saturated carbocycles. The van der Waals surface area contributed by atoms with Crippen LogP contribution in [-0.4, -0.2) is 76.2 Å². The van der Waals surface area contributed by atoms with E-state index < -0.39 is 35.3 Å². The standard InChI is InChI=1S/C29H37F2N3O3.C2HF3O2/c1-29(2,3)37-18-27(35)33(17-24-25(30)8-5-9-26(24)31)12-13-34-22-10-11-23(34)16-21(15-22)19-6-4-7-20(14-19)28(32)36;3-2(4,5)1(6)7/h4-9,14,21-23H,10-13,15-18H2,1-3H3,(H2,32,36);(H,6,7). The highest BCUT2D eigenvalue weighted by Crippen LogP contribution is 2.43. The maximum absolute atomic E-state index is 14.4. The third kappa shape index (κ3) is 9.71. The van der Waals surface area contributed by atoms with Crippen molar-refractivity contribution >= 4 is 17.8 Å². The molecule has 242 valence electrons. The largest absolute Gasteiger partial charge is 0.490 e. The molecule has 3 N–H and O–H groups in total. The molecule has 8 nitrogen and oxygen atoms in total. The number of carbonyl (C=O) groups is 3. The fourth-order valence-electron chi connectivity index (χ4n) is 5.63. The number of piperidine rings is 1. The lowest BCUT2D eigenvalue weighted by atomic mass is 9.84. The summed E-state index contributed by atoms with van der Waals surface area (Å²) in [6.07, 6.45) is -1.02. The molecular weight excluding hydrogens is 589 g/mol. The van der Waals surface area contributed by atoms with Gasteiger partial charge >= 0.3 is 12.1 Å².